The highest BCUT2D eigenvalue weighted by atomic mass is 35.5. The summed E-state index contributed by atoms with van der Waals surface area (Å²) in [6.45, 7) is 7.42. The third-order valence-electron chi connectivity index (χ3n) is 3.34. The van der Waals surface area contributed by atoms with Gasteiger partial charge < -0.3 is 4.74 Å². The summed E-state index contributed by atoms with van der Waals surface area (Å²) >= 11 is 5.89. The van der Waals surface area contributed by atoms with Crippen molar-refractivity contribution in [2.24, 2.45) is 0 Å². The summed E-state index contributed by atoms with van der Waals surface area (Å²) in [6, 6.07) is 7.66. The van der Waals surface area contributed by atoms with Gasteiger partial charge >= 0.3 is 5.97 Å². The van der Waals surface area contributed by atoms with E-state index in [9.17, 15) is 4.79 Å². The van der Waals surface area contributed by atoms with E-state index in [1.165, 1.54) is 5.56 Å². The Morgan fingerprint density at radius 3 is 2.60 bits per heavy atom. The van der Waals surface area contributed by atoms with Crippen molar-refractivity contribution in [3.8, 4) is 0 Å². The van der Waals surface area contributed by atoms with Crippen molar-refractivity contribution in [1.82, 2.24) is 4.90 Å². The van der Waals surface area contributed by atoms with E-state index in [1.807, 2.05) is 45.0 Å². The second-order valence-electron chi connectivity index (χ2n) is 6.29. The Balaban J connectivity index is 2.00. The number of rotatable bonds is 3. The van der Waals surface area contributed by atoms with Crippen LogP contribution in [0.25, 0.3) is 0 Å². The third kappa shape index (κ3) is 4.22. The Kier molecular flexibility index (Phi) is 4.71. The van der Waals surface area contributed by atoms with Crippen molar-refractivity contribution < 1.29 is 9.53 Å². The molecule has 0 aliphatic carbocycles. The molecule has 1 atom stereocenters. The van der Waals surface area contributed by atoms with Crippen LogP contribution in [-0.2, 0) is 16.1 Å². The molecule has 0 N–H and O–H groups in total. The molecule has 0 unspecified atom stereocenters. The SMILES string of the molecule is CC(C)(C)OC(=O)[C@H]1CCCN1Cc1ccc(Cl)cc1. The quantitative estimate of drug-likeness (QED) is 0.797. The van der Waals surface area contributed by atoms with E-state index in [0.717, 1.165) is 31.0 Å². The molecule has 1 heterocycles. The number of halogens is 1. The molecule has 0 aromatic heterocycles. The van der Waals surface area contributed by atoms with Crippen molar-refractivity contribution in [2.75, 3.05) is 6.54 Å². The Hall–Kier alpha value is -1.06. The van der Waals surface area contributed by atoms with Gasteiger partial charge in [0.1, 0.15) is 11.6 Å². The highest BCUT2D eigenvalue weighted by molar-refractivity contribution is 6.30. The van der Waals surface area contributed by atoms with Gasteiger partial charge in [-0.05, 0) is 57.9 Å². The van der Waals surface area contributed by atoms with Gasteiger partial charge in [-0.1, -0.05) is 23.7 Å². The maximum absolute atomic E-state index is 12.2. The predicted molar refractivity (Wildman–Crippen MR) is 80.7 cm³/mol. The molecule has 1 aliphatic rings. The molecule has 3 nitrogen and oxygen atoms in total. The summed E-state index contributed by atoms with van der Waals surface area (Å²) < 4.78 is 5.51. The van der Waals surface area contributed by atoms with Crippen molar-refractivity contribution >= 4 is 17.6 Å². The standard InChI is InChI=1S/C16H22ClNO2/c1-16(2,3)20-15(19)14-5-4-10-18(14)11-12-6-8-13(17)9-7-12/h6-9,14H,4-5,10-11H2,1-3H3/t14-/m1/s1. The fourth-order valence-electron chi connectivity index (χ4n) is 2.48. The molecule has 0 radical (unpaired) electrons. The van der Waals surface area contributed by atoms with E-state index in [-0.39, 0.29) is 12.0 Å². The third-order valence-corrected chi connectivity index (χ3v) is 3.59. The Morgan fingerprint density at radius 2 is 2.00 bits per heavy atom. The molecule has 1 aliphatic heterocycles. The van der Waals surface area contributed by atoms with Crippen LogP contribution in [0.3, 0.4) is 0 Å². The van der Waals surface area contributed by atoms with Crippen LogP contribution >= 0.6 is 11.6 Å². The fourth-order valence-corrected chi connectivity index (χ4v) is 2.60. The number of carbonyl (C=O) groups excluding carboxylic acids is 1. The minimum Gasteiger partial charge on any atom is -0.459 e. The molecule has 1 saturated heterocycles. The van der Waals surface area contributed by atoms with Crippen LogP contribution in [0.1, 0.15) is 39.2 Å². The Bertz CT molecular complexity index is 464. The van der Waals surface area contributed by atoms with E-state index in [4.69, 9.17) is 16.3 Å². The average molecular weight is 296 g/mol. The largest absolute Gasteiger partial charge is 0.459 e. The van der Waals surface area contributed by atoms with Gasteiger partial charge in [0, 0.05) is 11.6 Å². The highest BCUT2D eigenvalue weighted by Gasteiger charge is 2.33. The first-order valence-electron chi connectivity index (χ1n) is 7.06. The second kappa shape index (κ2) is 6.15. The minimum atomic E-state index is -0.425. The minimum absolute atomic E-state index is 0.107. The normalized spacial score (nSPS) is 20.1. The lowest BCUT2D eigenvalue weighted by Gasteiger charge is -2.27. The second-order valence-corrected chi connectivity index (χ2v) is 6.72. The van der Waals surface area contributed by atoms with E-state index in [0.29, 0.717) is 0 Å². The lowest BCUT2D eigenvalue weighted by atomic mass is 10.1. The van der Waals surface area contributed by atoms with E-state index in [2.05, 4.69) is 4.90 Å². The van der Waals surface area contributed by atoms with Gasteiger partial charge in [-0.15, -0.1) is 0 Å². The summed E-state index contributed by atoms with van der Waals surface area (Å²) in [5.41, 5.74) is 0.746. The van der Waals surface area contributed by atoms with Crippen LogP contribution in [0.15, 0.2) is 24.3 Å². The van der Waals surface area contributed by atoms with Crippen molar-refractivity contribution in [3.05, 3.63) is 34.9 Å². The van der Waals surface area contributed by atoms with Crippen molar-refractivity contribution in [1.29, 1.82) is 0 Å². The molecule has 0 bridgehead atoms. The molecule has 20 heavy (non-hydrogen) atoms. The molecule has 4 heteroatoms. The summed E-state index contributed by atoms with van der Waals surface area (Å²) in [5, 5.41) is 0.735. The van der Waals surface area contributed by atoms with Crippen LogP contribution in [0.5, 0.6) is 0 Å². The number of esters is 1. The van der Waals surface area contributed by atoms with Gasteiger partial charge in [-0.3, -0.25) is 9.69 Å². The first-order chi connectivity index (χ1) is 9.35. The number of nitrogens with zero attached hydrogens (tertiary/aromatic N) is 1. The van der Waals surface area contributed by atoms with Gasteiger partial charge in [0.25, 0.3) is 0 Å². The number of likely N-dealkylation sites (tertiary alicyclic amines) is 1. The maximum Gasteiger partial charge on any atom is 0.323 e. The van der Waals surface area contributed by atoms with Gasteiger partial charge in [-0.2, -0.15) is 0 Å². The fraction of sp³-hybridized carbons (Fsp3) is 0.562. The smallest absolute Gasteiger partial charge is 0.323 e. The lowest BCUT2D eigenvalue weighted by Crippen LogP contribution is -2.40. The molecule has 110 valence electrons. The molecule has 1 aromatic rings. The Labute approximate surface area is 125 Å². The molecular weight excluding hydrogens is 274 g/mol. The summed E-state index contributed by atoms with van der Waals surface area (Å²) in [5.74, 6) is -0.107. The predicted octanol–water partition coefficient (Wildman–Crippen LogP) is 3.65. The monoisotopic (exact) mass is 295 g/mol. The van der Waals surface area contributed by atoms with Crippen molar-refractivity contribution in [3.63, 3.8) is 0 Å². The Morgan fingerprint density at radius 1 is 1.35 bits per heavy atom. The first-order valence-corrected chi connectivity index (χ1v) is 7.44. The van der Waals surface area contributed by atoms with Gasteiger partial charge in [-0.25, -0.2) is 0 Å². The summed E-state index contributed by atoms with van der Waals surface area (Å²) in [6.07, 6.45) is 1.92. The average Bonchev–Trinajstić information content (AvgIpc) is 2.78. The van der Waals surface area contributed by atoms with Crippen LogP contribution in [0.2, 0.25) is 5.02 Å². The number of benzene rings is 1. The zero-order valence-corrected chi connectivity index (χ0v) is 13.1. The van der Waals surface area contributed by atoms with E-state index in [1.54, 1.807) is 0 Å². The van der Waals surface area contributed by atoms with Crippen molar-refractivity contribution in [2.45, 2.75) is 51.8 Å². The van der Waals surface area contributed by atoms with Crippen LogP contribution in [0, 0.1) is 0 Å². The first kappa shape index (κ1) is 15.3. The summed E-state index contributed by atoms with van der Waals surface area (Å²) in [7, 11) is 0. The molecule has 0 saturated carbocycles. The van der Waals surface area contributed by atoms with E-state index >= 15 is 0 Å². The molecule has 1 fully saturated rings. The van der Waals surface area contributed by atoms with Gasteiger partial charge in [0.2, 0.25) is 0 Å². The highest BCUT2D eigenvalue weighted by Crippen LogP contribution is 2.23. The zero-order valence-electron chi connectivity index (χ0n) is 12.4. The molecular formula is C16H22ClNO2. The lowest BCUT2D eigenvalue weighted by molar-refractivity contribution is -0.160. The molecule has 0 amide bonds. The molecule has 2 rings (SSSR count). The number of ether oxygens (including phenoxy) is 1. The molecule has 0 spiro atoms. The summed E-state index contributed by atoms with van der Waals surface area (Å²) in [4.78, 5) is 14.4. The number of hydrogen-bond donors (Lipinski definition) is 0. The van der Waals surface area contributed by atoms with Gasteiger partial charge in [0.05, 0.1) is 0 Å². The molecule has 1 aromatic carbocycles. The van der Waals surface area contributed by atoms with Crippen LogP contribution in [0.4, 0.5) is 0 Å². The number of carbonyl (C=O) groups is 1. The van der Waals surface area contributed by atoms with E-state index < -0.39 is 5.60 Å². The van der Waals surface area contributed by atoms with Crippen LogP contribution < -0.4 is 0 Å². The van der Waals surface area contributed by atoms with Gasteiger partial charge in [0.15, 0.2) is 0 Å². The topological polar surface area (TPSA) is 29.5 Å². The number of hydrogen-bond acceptors (Lipinski definition) is 3. The van der Waals surface area contributed by atoms with Crippen LogP contribution in [-0.4, -0.2) is 29.1 Å². The maximum atomic E-state index is 12.2. The zero-order chi connectivity index (χ0) is 14.8.